The minimum atomic E-state index is -1.79. The minimum Gasteiger partial charge on any atom is -0.383 e. The van der Waals surface area contributed by atoms with Crippen LogP contribution < -0.4 is 5.32 Å². The maximum absolute atomic E-state index is 13.1. The highest BCUT2D eigenvalue weighted by molar-refractivity contribution is 6.79. The number of hydrogen-bond acceptors (Lipinski definition) is 6. The van der Waals surface area contributed by atoms with Gasteiger partial charge in [-0.05, 0) is 45.6 Å². The zero-order valence-corrected chi connectivity index (χ0v) is 20.2. The van der Waals surface area contributed by atoms with E-state index in [1.165, 1.54) is 11.0 Å². The molecule has 31 heavy (non-hydrogen) atoms. The normalized spacial score (nSPS) is 19.3. The fourth-order valence-corrected chi connectivity index (χ4v) is 6.83. The number of halogens is 1. The van der Waals surface area contributed by atoms with Gasteiger partial charge in [-0.2, -0.15) is 0 Å². The maximum Gasteiger partial charge on any atom is 0.252 e. The van der Waals surface area contributed by atoms with Crippen molar-refractivity contribution in [3.05, 3.63) is 35.1 Å². The first-order chi connectivity index (χ1) is 14.4. The van der Waals surface area contributed by atoms with Crippen LogP contribution in [0.25, 0.3) is 5.69 Å². The molecule has 0 radical (unpaired) electrons. The summed E-state index contributed by atoms with van der Waals surface area (Å²) in [6, 6.07) is 5.31. The van der Waals surface area contributed by atoms with Gasteiger partial charge in [-0.25, -0.2) is 4.68 Å². The number of amides is 2. The highest BCUT2D eigenvalue weighted by Crippen LogP contribution is 2.30. The van der Waals surface area contributed by atoms with Crippen molar-refractivity contribution in [3.63, 3.8) is 0 Å². The largest absolute Gasteiger partial charge is 0.383 e. The summed E-state index contributed by atoms with van der Waals surface area (Å²) >= 11 is 6.15. The molecule has 0 bridgehead atoms. The summed E-state index contributed by atoms with van der Waals surface area (Å²) in [6.45, 7) is 9.93. The Balaban J connectivity index is 1.78. The van der Waals surface area contributed by atoms with Crippen LogP contribution in [0, 0.1) is 5.41 Å². The fourth-order valence-electron chi connectivity index (χ4n) is 3.75. The molecule has 11 heteroatoms. The van der Waals surface area contributed by atoms with Crippen molar-refractivity contribution in [1.82, 2.24) is 30.4 Å². The third-order valence-electron chi connectivity index (χ3n) is 5.45. The number of aliphatic hydroxyl groups excluding tert-OH is 1. The summed E-state index contributed by atoms with van der Waals surface area (Å²) < 4.78 is 1.50. The van der Waals surface area contributed by atoms with E-state index < -0.39 is 25.6 Å². The molecular formula is C20H29ClN6O3Si. The van der Waals surface area contributed by atoms with Crippen LogP contribution >= 0.6 is 11.6 Å². The van der Waals surface area contributed by atoms with Crippen LogP contribution in [-0.4, -0.2) is 68.4 Å². The van der Waals surface area contributed by atoms with E-state index >= 15 is 0 Å². The molecule has 2 N–H and O–H groups in total. The number of carbonyl (C=O) groups is 2. The Kier molecular flexibility index (Phi) is 6.54. The van der Waals surface area contributed by atoms with Crippen LogP contribution in [0.15, 0.2) is 24.5 Å². The number of nitrogens with zero attached hydrogens (tertiary/aromatic N) is 5. The molecule has 1 saturated heterocycles. The van der Waals surface area contributed by atoms with Gasteiger partial charge in [0.25, 0.3) is 5.91 Å². The molecule has 1 aromatic carbocycles. The minimum absolute atomic E-state index is 0.205. The van der Waals surface area contributed by atoms with Gasteiger partial charge in [-0.3, -0.25) is 9.59 Å². The van der Waals surface area contributed by atoms with E-state index in [4.69, 9.17) is 11.6 Å². The molecule has 3 rings (SSSR count). The maximum atomic E-state index is 13.1. The molecule has 2 heterocycles. The zero-order valence-electron chi connectivity index (χ0n) is 18.5. The first kappa shape index (κ1) is 23.4. The molecule has 1 aliphatic heterocycles. The lowest BCUT2D eigenvalue weighted by Crippen LogP contribution is -2.52. The van der Waals surface area contributed by atoms with Gasteiger partial charge in [-0.1, -0.05) is 45.5 Å². The van der Waals surface area contributed by atoms with Gasteiger partial charge >= 0.3 is 0 Å². The number of rotatable bonds is 5. The van der Waals surface area contributed by atoms with Crippen molar-refractivity contribution in [2.24, 2.45) is 5.41 Å². The van der Waals surface area contributed by atoms with E-state index in [9.17, 15) is 14.7 Å². The molecular weight excluding hydrogens is 436 g/mol. The number of nitrogens with one attached hydrogen (secondary N) is 1. The Bertz CT molecular complexity index is 960. The summed E-state index contributed by atoms with van der Waals surface area (Å²) in [5.41, 5.74) is 0.843. The van der Waals surface area contributed by atoms with Crippen molar-refractivity contribution < 1.29 is 14.7 Å². The predicted molar refractivity (Wildman–Crippen MR) is 119 cm³/mol. The molecule has 9 nitrogen and oxygen atoms in total. The van der Waals surface area contributed by atoms with Crippen LogP contribution in [0.2, 0.25) is 24.2 Å². The average Bonchev–Trinajstić information content (AvgIpc) is 3.31. The van der Waals surface area contributed by atoms with E-state index in [1.807, 2.05) is 20.8 Å². The summed E-state index contributed by atoms with van der Waals surface area (Å²) in [4.78, 5) is 27.7. The first-order valence-electron chi connectivity index (χ1n) is 10.2. The summed E-state index contributed by atoms with van der Waals surface area (Å²) in [5.74, 6) is -0.627. The second-order valence-corrected chi connectivity index (χ2v) is 15.4. The van der Waals surface area contributed by atoms with Crippen molar-refractivity contribution in [3.8, 4) is 5.69 Å². The second kappa shape index (κ2) is 8.68. The van der Waals surface area contributed by atoms with Gasteiger partial charge in [0.15, 0.2) is 0 Å². The van der Waals surface area contributed by atoms with Crippen LogP contribution in [0.3, 0.4) is 0 Å². The molecule has 0 saturated carbocycles. The Morgan fingerprint density at radius 1 is 1.35 bits per heavy atom. The number of aliphatic hydroxyl groups is 1. The van der Waals surface area contributed by atoms with Gasteiger partial charge < -0.3 is 15.3 Å². The molecule has 168 valence electrons. The molecule has 1 aromatic heterocycles. The van der Waals surface area contributed by atoms with E-state index in [2.05, 4.69) is 33.9 Å². The van der Waals surface area contributed by atoms with Crippen LogP contribution in [0.5, 0.6) is 0 Å². The summed E-state index contributed by atoms with van der Waals surface area (Å²) in [5, 5.41) is 25.2. The molecule has 1 fully saturated rings. The smallest absolute Gasteiger partial charge is 0.252 e. The fraction of sp³-hybridized carbons (Fsp3) is 0.550. The highest BCUT2D eigenvalue weighted by Gasteiger charge is 2.47. The Labute approximate surface area is 187 Å². The predicted octanol–water partition coefficient (Wildman–Crippen LogP) is 1.80. The lowest BCUT2D eigenvalue weighted by Gasteiger charge is -2.32. The summed E-state index contributed by atoms with van der Waals surface area (Å²) in [7, 11) is -1.79. The van der Waals surface area contributed by atoms with Gasteiger partial charge in [0.1, 0.15) is 18.5 Å². The van der Waals surface area contributed by atoms with Crippen molar-refractivity contribution in [1.29, 1.82) is 0 Å². The standard InChI is InChI=1S/C20H29ClN6O3Si/c1-20(2,3)17(28)19(30)26-12-31(4,5)10-16(26)18(29)22-9-13-8-14(21)6-7-15(13)27-11-23-24-25-27/h6-8,11,16-17,28H,9-10,12H2,1-5H3,(H,22,29). The monoisotopic (exact) mass is 464 g/mol. The van der Waals surface area contributed by atoms with Gasteiger partial charge in [0.2, 0.25) is 5.91 Å². The Morgan fingerprint density at radius 2 is 2.06 bits per heavy atom. The topological polar surface area (TPSA) is 113 Å². The molecule has 1 aliphatic rings. The second-order valence-electron chi connectivity index (χ2n) is 9.86. The van der Waals surface area contributed by atoms with Crippen molar-refractivity contribution in [2.75, 3.05) is 6.17 Å². The lowest BCUT2D eigenvalue weighted by atomic mass is 9.88. The van der Waals surface area contributed by atoms with E-state index in [-0.39, 0.29) is 18.4 Å². The Morgan fingerprint density at radius 3 is 2.68 bits per heavy atom. The van der Waals surface area contributed by atoms with E-state index in [0.717, 1.165) is 5.56 Å². The van der Waals surface area contributed by atoms with Crippen LogP contribution in [0.4, 0.5) is 0 Å². The Hall–Kier alpha value is -2.30. The van der Waals surface area contributed by atoms with E-state index in [0.29, 0.717) is 22.9 Å². The van der Waals surface area contributed by atoms with Gasteiger partial charge in [0.05, 0.1) is 13.8 Å². The highest BCUT2D eigenvalue weighted by atomic mass is 35.5. The molecule has 2 atom stereocenters. The number of carbonyl (C=O) groups excluding carboxylic acids is 2. The SMILES string of the molecule is CC(C)(C)C(O)C(=O)N1C[Si](C)(C)CC1C(=O)NCc1cc(Cl)ccc1-n1cnnn1. The lowest BCUT2D eigenvalue weighted by molar-refractivity contribution is -0.149. The number of tetrazole rings is 1. The molecule has 2 unspecified atom stereocenters. The van der Waals surface area contributed by atoms with Crippen LogP contribution in [0.1, 0.15) is 26.3 Å². The molecule has 2 amide bonds. The van der Waals surface area contributed by atoms with Gasteiger partial charge in [-0.15, -0.1) is 5.10 Å². The van der Waals surface area contributed by atoms with E-state index in [1.54, 1.807) is 23.1 Å². The number of benzene rings is 1. The average molecular weight is 465 g/mol. The third-order valence-corrected chi connectivity index (χ3v) is 8.37. The number of hydrogen-bond donors (Lipinski definition) is 2. The van der Waals surface area contributed by atoms with Crippen molar-refractivity contribution >= 4 is 31.5 Å². The van der Waals surface area contributed by atoms with Crippen molar-refractivity contribution in [2.45, 2.75) is 58.6 Å². The zero-order chi connectivity index (χ0) is 23.0. The molecule has 2 aromatic rings. The van der Waals surface area contributed by atoms with Crippen LogP contribution in [-0.2, 0) is 16.1 Å². The third kappa shape index (κ3) is 5.31. The molecule has 0 aliphatic carbocycles. The quantitative estimate of drug-likeness (QED) is 0.652. The first-order valence-corrected chi connectivity index (χ1v) is 14.0. The number of aromatic nitrogens is 4. The summed E-state index contributed by atoms with van der Waals surface area (Å²) in [6.07, 6.45) is 0.850. The van der Waals surface area contributed by atoms with Gasteiger partial charge in [0, 0.05) is 17.7 Å². The molecule has 0 spiro atoms.